The Bertz CT molecular complexity index is 60.4. The van der Waals surface area contributed by atoms with Gasteiger partial charge < -0.3 is 0 Å². The molecule has 0 rings (SSSR count). The Kier molecular flexibility index (Phi) is 5.78. The SMILES string of the molecule is O=[S+]C(F)(F)F.[NaH]. The first-order valence-electron chi connectivity index (χ1n) is 0.938. The average molecular weight is 141 g/mol. The predicted octanol–water partition coefficient (Wildman–Crippen LogP) is 0.286. The fourth-order valence-electron chi connectivity index (χ4n) is 0. The topological polar surface area (TPSA) is 17.1 Å². The third-order valence-electron chi connectivity index (χ3n) is 0.0945. The van der Waals surface area contributed by atoms with Crippen molar-refractivity contribution in [2.75, 3.05) is 0 Å². The fraction of sp³-hybridized carbons (Fsp3) is 1.00. The Morgan fingerprint density at radius 3 is 1.43 bits per heavy atom. The second-order valence-electron chi connectivity index (χ2n) is 0.529. The van der Waals surface area contributed by atoms with Gasteiger partial charge in [-0.1, -0.05) is 0 Å². The number of hydrogen-bond donors (Lipinski definition) is 0. The van der Waals surface area contributed by atoms with Gasteiger partial charge in [0.15, 0.2) is 0 Å². The molecule has 0 saturated carbocycles. The van der Waals surface area contributed by atoms with E-state index in [1.165, 1.54) is 0 Å². The maximum atomic E-state index is 10.4. The normalized spacial score (nSPS) is 9.57. The summed E-state index contributed by atoms with van der Waals surface area (Å²) in [6.07, 6.45) is 0. The first-order chi connectivity index (χ1) is 2.56. The Morgan fingerprint density at radius 1 is 1.29 bits per heavy atom. The van der Waals surface area contributed by atoms with E-state index in [4.69, 9.17) is 4.21 Å². The molecular weight excluding hydrogens is 140 g/mol. The van der Waals surface area contributed by atoms with E-state index in [2.05, 4.69) is 0 Å². The quantitative estimate of drug-likeness (QED) is 0.350. The van der Waals surface area contributed by atoms with Gasteiger partial charge >= 0.3 is 46.7 Å². The molecule has 0 radical (unpaired) electrons. The summed E-state index contributed by atoms with van der Waals surface area (Å²) < 4.78 is 40.0. The van der Waals surface area contributed by atoms with Gasteiger partial charge in [0.05, 0.1) is 0 Å². The van der Waals surface area contributed by atoms with Crippen LogP contribution in [0.25, 0.3) is 0 Å². The summed E-state index contributed by atoms with van der Waals surface area (Å²) in [4.78, 5) is 0. The van der Waals surface area contributed by atoms with Crippen LogP contribution >= 0.6 is 0 Å². The van der Waals surface area contributed by atoms with Gasteiger partial charge in [-0.3, -0.25) is 0 Å². The van der Waals surface area contributed by atoms with E-state index in [1.807, 2.05) is 0 Å². The number of hydrogen-bond acceptors (Lipinski definition) is 1. The van der Waals surface area contributed by atoms with Crippen molar-refractivity contribution < 1.29 is 17.4 Å². The minimum atomic E-state index is -4.60. The van der Waals surface area contributed by atoms with E-state index in [0.29, 0.717) is 0 Å². The minimum absolute atomic E-state index is 0. The summed E-state index contributed by atoms with van der Waals surface area (Å²) >= 11 is -1.37. The molecule has 0 fully saturated rings. The first-order valence-corrected chi connectivity index (χ1v) is 1.68. The van der Waals surface area contributed by atoms with Crippen LogP contribution < -0.4 is 0 Å². The zero-order chi connectivity index (χ0) is 5.21. The predicted molar refractivity (Wildman–Crippen MR) is 21.3 cm³/mol. The van der Waals surface area contributed by atoms with Crippen LogP contribution in [-0.2, 0) is 15.9 Å². The molecule has 0 spiro atoms. The first kappa shape index (κ1) is 10.7. The van der Waals surface area contributed by atoms with Crippen molar-refractivity contribution in [1.29, 1.82) is 0 Å². The van der Waals surface area contributed by atoms with Gasteiger partial charge in [-0.25, -0.2) is 0 Å². The van der Waals surface area contributed by atoms with E-state index in [0.717, 1.165) is 0 Å². The van der Waals surface area contributed by atoms with Gasteiger partial charge in [-0.2, -0.15) is 0 Å². The van der Waals surface area contributed by atoms with Crippen LogP contribution in [0.2, 0.25) is 0 Å². The van der Waals surface area contributed by atoms with Gasteiger partial charge in [0.25, 0.3) is 0 Å². The van der Waals surface area contributed by atoms with Crippen molar-refractivity contribution >= 4 is 41.2 Å². The summed E-state index contributed by atoms with van der Waals surface area (Å²) in [7, 11) is 0. The Morgan fingerprint density at radius 2 is 1.43 bits per heavy atom. The van der Waals surface area contributed by atoms with Crippen molar-refractivity contribution in [3.63, 3.8) is 0 Å². The molecule has 0 aromatic heterocycles. The molecule has 0 unspecified atom stereocenters. The molecule has 0 aromatic rings. The fourth-order valence-corrected chi connectivity index (χ4v) is 0. The number of alkyl halides is 3. The third-order valence-corrected chi connectivity index (χ3v) is 0.283. The van der Waals surface area contributed by atoms with Crippen LogP contribution in [0.4, 0.5) is 13.2 Å². The van der Waals surface area contributed by atoms with E-state index < -0.39 is 17.2 Å². The molecule has 0 amide bonds. The van der Waals surface area contributed by atoms with Crippen LogP contribution in [0, 0.1) is 0 Å². The van der Waals surface area contributed by atoms with Crippen LogP contribution in [0.5, 0.6) is 0 Å². The molecule has 0 heterocycles. The summed E-state index contributed by atoms with van der Waals surface area (Å²) in [6.45, 7) is 0. The number of rotatable bonds is 0. The molecule has 0 N–H and O–H groups in total. The second kappa shape index (κ2) is 3.77. The molecule has 7 heavy (non-hydrogen) atoms. The molecular formula is CHF3NaOS+. The Labute approximate surface area is 64.1 Å². The van der Waals surface area contributed by atoms with Gasteiger partial charge in [0, 0.05) is 4.21 Å². The Balaban J connectivity index is 0. The van der Waals surface area contributed by atoms with Crippen LogP contribution in [-0.4, -0.2) is 35.1 Å². The molecule has 38 valence electrons. The summed E-state index contributed by atoms with van der Waals surface area (Å²) in [5, 5.41) is 0. The average Bonchev–Trinajstić information content (AvgIpc) is 1.35. The molecule has 0 aliphatic carbocycles. The molecule has 6 heteroatoms. The van der Waals surface area contributed by atoms with Crippen LogP contribution in [0.15, 0.2) is 0 Å². The van der Waals surface area contributed by atoms with Crippen molar-refractivity contribution in [3.05, 3.63) is 0 Å². The molecule has 0 bridgehead atoms. The standard InChI is InChI=1S/CF3OS.Na.H/c2-1(3,4)6-5;;/q+1;;. The van der Waals surface area contributed by atoms with Crippen molar-refractivity contribution in [1.82, 2.24) is 0 Å². The molecule has 0 aliphatic rings. The third kappa shape index (κ3) is 10.9. The zero-order valence-corrected chi connectivity index (χ0v) is 3.27. The van der Waals surface area contributed by atoms with Gasteiger partial charge in [0.1, 0.15) is 0 Å². The second-order valence-corrected chi connectivity index (χ2v) is 1.16. The van der Waals surface area contributed by atoms with Crippen molar-refractivity contribution in [3.8, 4) is 0 Å². The zero-order valence-electron chi connectivity index (χ0n) is 2.45. The monoisotopic (exact) mass is 141 g/mol. The molecule has 0 aliphatic heterocycles. The molecule has 1 nitrogen and oxygen atoms in total. The van der Waals surface area contributed by atoms with Gasteiger partial charge in [-0.15, -0.1) is 13.2 Å². The summed E-state index contributed by atoms with van der Waals surface area (Å²) in [5.74, 6) is 0. The number of halogens is 3. The van der Waals surface area contributed by atoms with Crippen molar-refractivity contribution in [2.24, 2.45) is 0 Å². The van der Waals surface area contributed by atoms with Gasteiger partial charge in [-0.05, 0) is 0 Å². The summed E-state index contributed by atoms with van der Waals surface area (Å²) in [5.41, 5.74) is -4.60. The van der Waals surface area contributed by atoms with E-state index in [9.17, 15) is 13.2 Å². The van der Waals surface area contributed by atoms with Crippen LogP contribution in [0.1, 0.15) is 0 Å². The van der Waals surface area contributed by atoms with Crippen LogP contribution in [0.3, 0.4) is 0 Å². The molecule has 0 aromatic carbocycles. The van der Waals surface area contributed by atoms with E-state index in [-0.39, 0.29) is 29.6 Å². The Hall–Kier alpha value is 0.810. The van der Waals surface area contributed by atoms with E-state index in [1.54, 1.807) is 0 Å². The molecule has 0 atom stereocenters. The molecule has 0 saturated heterocycles. The maximum absolute atomic E-state index is 10.4. The van der Waals surface area contributed by atoms with Gasteiger partial charge in [0.2, 0.25) is 0 Å². The van der Waals surface area contributed by atoms with Crippen molar-refractivity contribution in [2.45, 2.75) is 5.51 Å². The van der Waals surface area contributed by atoms with E-state index >= 15 is 0 Å². The summed E-state index contributed by atoms with van der Waals surface area (Å²) in [6, 6.07) is 0.